The summed E-state index contributed by atoms with van der Waals surface area (Å²) >= 11 is 0. The number of nitro groups is 1. The summed E-state index contributed by atoms with van der Waals surface area (Å²) in [6.45, 7) is 4.54. The zero-order valence-corrected chi connectivity index (χ0v) is 20.1. The number of fused-ring (bicyclic) bond motifs is 1. The summed E-state index contributed by atoms with van der Waals surface area (Å²) in [4.78, 5) is 44.3. The SMILES string of the molecule is Cc1nc2c(C)cccn2c1/C([O-])=C1\C(=O)C(=O)N(CCC[NH+](C)C)C1c1cccc([N+](=O)[O-])c1. The number of carbonyl (C=O) groups is 2. The lowest BCUT2D eigenvalue weighted by Gasteiger charge is -2.27. The molecule has 3 heterocycles. The molecule has 1 aliphatic rings. The molecule has 1 fully saturated rings. The lowest BCUT2D eigenvalue weighted by molar-refractivity contribution is -0.858. The molecule has 0 spiro atoms. The van der Waals surface area contributed by atoms with Gasteiger partial charge in [0.25, 0.3) is 11.6 Å². The summed E-state index contributed by atoms with van der Waals surface area (Å²) in [5.41, 5.74) is 2.04. The Balaban J connectivity index is 1.92. The van der Waals surface area contributed by atoms with Crippen molar-refractivity contribution in [3.05, 3.63) is 80.8 Å². The maximum atomic E-state index is 13.9. The first kappa shape index (κ1) is 24.1. The number of benzene rings is 1. The number of aryl methyl sites for hydroxylation is 2. The number of nitrogens with one attached hydrogen (secondary N) is 1. The van der Waals surface area contributed by atoms with Gasteiger partial charge in [0.15, 0.2) is 0 Å². The van der Waals surface area contributed by atoms with Gasteiger partial charge in [0.1, 0.15) is 5.65 Å². The molecule has 3 aromatic rings. The van der Waals surface area contributed by atoms with Gasteiger partial charge in [0, 0.05) is 36.9 Å². The van der Waals surface area contributed by atoms with Crippen molar-refractivity contribution in [1.82, 2.24) is 14.3 Å². The fourth-order valence-corrected chi connectivity index (χ4v) is 4.58. The minimum Gasteiger partial charge on any atom is -0.871 e. The largest absolute Gasteiger partial charge is 0.871 e. The monoisotopic (exact) mass is 477 g/mol. The molecular formula is C25H27N5O5. The number of pyridine rings is 1. The van der Waals surface area contributed by atoms with E-state index in [4.69, 9.17) is 0 Å². The third-order valence-corrected chi connectivity index (χ3v) is 6.24. The Morgan fingerprint density at radius 1 is 1.17 bits per heavy atom. The molecule has 10 heteroatoms. The van der Waals surface area contributed by atoms with Crippen LogP contribution in [-0.4, -0.2) is 58.1 Å². The van der Waals surface area contributed by atoms with Crippen LogP contribution in [0.2, 0.25) is 0 Å². The van der Waals surface area contributed by atoms with Gasteiger partial charge >= 0.3 is 0 Å². The maximum Gasteiger partial charge on any atom is 0.295 e. The normalized spacial score (nSPS) is 17.6. The first-order valence-electron chi connectivity index (χ1n) is 11.4. The molecule has 1 amide bonds. The van der Waals surface area contributed by atoms with Crippen molar-refractivity contribution in [3.8, 4) is 0 Å². The number of hydrogen-bond donors (Lipinski definition) is 1. The smallest absolute Gasteiger partial charge is 0.295 e. The summed E-state index contributed by atoms with van der Waals surface area (Å²) in [6.07, 6.45) is 2.29. The van der Waals surface area contributed by atoms with E-state index in [2.05, 4.69) is 4.98 Å². The number of aromatic nitrogens is 2. The molecule has 1 unspecified atom stereocenters. The van der Waals surface area contributed by atoms with Gasteiger partial charge in [0.2, 0.25) is 5.78 Å². The average Bonchev–Trinajstić information content (AvgIpc) is 3.28. The predicted octanol–water partition coefficient (Wildman–Crippen LogP) is 0.618. The minimum atomic E-state index is -1.02. The Hall–Kier alpha value is -4.05. The molecule has 0 saturated carbocycles. The van der Waals surface area contributed by atoms with E-state index in [1.165, 1.54) is 28.0 Å². The third kappa shape index (κ3) is 4.28. The summed E-state index contributed by atoms with van der Waals surface area (Å²) in [5, 5.41) is 25.3. The van der Waals surface area contributed by atoms with E-state index >= 15 is 0 Å². The highest BCUT2D eigenvalue weighted by Crippen LogP contribution is 2.40. The van der Waals surface area contributed by atoms with Crippen molar-refractivity contribution in [2.24, 2.45) is 0 Å². The van der Waals surface area contributed by atoms with Crippen LogP contribution < -0.4 is 10.0 Å². The second kappa shape index (κ2) is 9.30. The summed E-state index contributed by atoms with van der Waals surface area (Å²) in [6, 6.07) is 8.38. The molecule has 1 saturated heterocycles. The van der Waals surface area contributed by atoms with Gasteiger partial charge < -0.3 is 19.3 Å². The van der Waals surface area contributed by atoms with Gasteiger partial charge in [-0.1, -0.05) is 24.0 Å². The van der Waals surface area contributed by atoms with Crippen LogP contribution in [0.25, 0.3) is 11.4 Å². The van der Waals surface area contributed by atoms with E-state index in [-0.39, 0.29) is 23.5 Å². The van der Waals surface area contributed by atoms with Gasteiger partial charge in [-0.3, -0.25) is 19.7 Å². The maximum absolute atomic E-state index is 13.9. The van der Waals surface area contributed by atoms with E-state index in [1.807, 2.05) is 27.1 Å². The fraction of sp³-hybridized carbons (Fsp3) is 0.320. The van der Waals surface area contributed by atoms with Crippen LogP contribution in [0.15, 0.2) is 48.2 Å². The van der Waals surface area contributed by atoms with E-state index in [0.29, 0.717) is 23.3 Å². The number of quaternary nitrogens is 1. The van der Waals surface area contributed by atoms with E-state index in [1.54, 1.807) is 29.7 Å². The lowest BCUT2D eigenvalue weighted by atomic mass is 9.96. The zero-order valence-electron chi connectivity index (χ0n) is 20.1. The second-order valence-corrected chi connectivity index (χ2v) is 9.07. The predicted molar refractivity (Wildman–Crippen MR) is 126 cm³/mol. The number of amides is 1. The summed E-state index contributed by atoms with van der Waals surface area (Å²) in [5.74, 6) is -2.26. The van der Waals surface area contributed by atoms with Crippen molar-refractivity contribution in [3.63, 3.8) is 0 Å². The van der Waals surface area contributed by atoms with Crippen LogP contribution in [0.3, 0.4) is 0 Å². The Bertz CT molecular complexity index is 1370. The third-order valence-electron chi connectivity index (χ3n) is 6.24. The molecule has 10 nitrogen and oxygen atoms in total. The number of hydrogen-bond acceptors (Lipinski definition) is 6. The van der Waals surface area contributed by atoms with Gasteiger partial charge in [0.05, 0.1) is 43.0 Å². The number of nitro benzene ring substituents is 1. The number of non-ortho nitro benzene ring substituents is 1. The van der Waals surface area contributed by atoms with Crippen molar-refractivity contribution in [2.75, 3.05) is 27.2 Å². The Labute approximate surface area is 202 Å². The van der Waals surface area contributed by atoms with Crippen LogP contribution >= 0.6 is 0 Å². The first-order chi connectivity index (χ1) is 16.6. The molecule has 0 bridgehead atoms. The molecule has 1 aromatic carbocycles. The van der Waals surface area contributed by atoms with Crippen LogP contribution in [0.5, 0.6) is 0 Å². The van der Waals surface area contributed by atoms with Crippen molar-refractivity contribution < 1.29 is 24.5 Å². The Morgan fingerprint density at radius 3 is 2.60 bits per heavy atom. The van der Waals surface area contributed by atoms with Crippen LogP contribution in [0.1, 0.15) is 35.0 Å². The summed E-state index contributed by atoms with van der Waals surface area (Å²) < 4.78 is 1.63. The fourth-order valence-electron chi connectivity index (χ4n) is 4.58. The molecular weight excluding hydrogens is 450 g/mol. The number of rotatable bonds is 7. The highest BCUT2D eigenvalue weighted by molar-refractivity contribution is 6.46. The lowest BCUT2D eigenvalue weighted by Crippen LogP contribution is -3.05. The molecule has 1 N–H and O–H groups in total. The molecule has 4 rings (SSSR count). The zero-order chi connectivity index (χ0) is 25.4. The quantitative estimate of drug-likeness (QED) is 0.175. The van der Waals surface area contributed by atoms with Crippen molar-refractivity contribution in [2.45, 2.75) is 26.3 Å². The van der Waals surface area contributed by atoms with Crippen LogP contribution in [0, 0.1) is 24.0 Å². The van der Waals surface area contributed by atoms with Crippen LogP contribution in [0.4, 0.5) is 5.69 Å². The molecule has 0 radical (unpaired) electrons. The number of carbonyl (C=O) groups excluding carboxylic acids is 2. The standard InChI is InChI=1S/C25H27N5O5/c1-15-8-6-12-28-20(16(2)26-24(15)28)22(31)19-21(17-9-5-10-18(14-17)30(34)35)29(25(33)23(19)32)13-7-11-27(3)4/h5-6,8-10,12,14,21,31H,7,11,13H2,1-4H3/b22-19+. The van der Waals surface area contributed by atoms with Gasteiger partial charge in [-0.05, 0) is 31.0 Å². The molecule has 0 aliphatic carbocycles. The number of nitrogens with zero attached hydrogens (tertiary/aromatic N) is 4. The van der Waals surface area contributed by atoms with Crippen molar-refractivity contribution in [1.29, 1.82) is 0 Å². The number of ketones is 1. The van der Waals surface area contributed by atoms with Crippen molar-refractivity contribution >= 4 is 28.8 Å². The molecule has 182 valence electrons. The average molecular weight is 478 g/mol. The summed E-state index contributed by atoms with van der Waals surface area (Å²) in [7, 11) is 3.96. The van der Waals surface area contributed by atoms with Gasteiger partial charge in [-0.25, -0.2) is 4.98 Å². The Kier molecular flexibility index (Phi) is 6.40. The first-order valence-corrected chi connectivity index (χ1v) is 11.4. The minimum absolute atomic E-state index is 0.180. The molecule has 1 atom stereocenters. The van der Waals surface area contributed by atoms with E-state index in [9.17, 15) is 24.8 Å². The molecule has 35 heavy (non-hydrogen) atoms. The molecule has 2 aromatic heterocycles. The topological polar surface area (TPSA) is 125 Å². The highest BCUT2D eigenvalue weighted by atomic mass is 16.6. The molecule has 1 aliphatic heterocycles. The Morgan fingerprint density at radius 2 is 1.91 bits per heavy atom. The number of imidazole rings is 1. The van der Waals surface area contributed by atoms with E-state index in [0.717, 1.165) is 12.1 Å². The van der Waals surface area contributed by atoms with Gasteiger partial charge in [-0.15, -0.1) is 0 Å². The second-order valence-electron chi connectivity index (χ2n) is 9.07. The number of Topliss-reactive ketones (excluding diaryl/α,β-unsaturated/α-hetero) is 1. The van der Waals surface area contributed by atoms with Gasteiger partial charge in [-0.2, -0.15) is 0 Å². The number of likely N-dealkylation sites (tertiary alicyclic amines) is 1. The van der Waals surface area contributed by atoms with E-state index < -0.39 is 28.4 Å². The van der Waals surface area contributed by atoms with Crippen LogP contribution in [-0.2, 0) is 9.59 Å². The highest BCUT2D eigenvalue weighted by Gasteiger charge is 2.44.